The molecule has 2 aliphatic rings. The molecule has 92 valence electrons. The van der Waals surface area contributed by atoms with Crippen LogP contribution in [0, 0.1) is 5.92 Å². The fourth-order valence-electron chi connectivity index (χ4n) is 3.08. The molecule has 2 fully saturated rings. The third-order valence-electron chi connectivity index (χ3n) is 3.88. The molecule has 0 aromatic heterocycles. The lowest BCUT2D eigenvalue weighted by atomic mass is 9.79. The third kappa shape index (κ3) is 2.32. The Morgan fingerprint density at radius 1 is 1.50 bits per heavy atom. The average molecular weight is 226 g/mol. The van der Waals surface area contributed by atoms with Gasteiger partial charge in [0.25, 0.3) is 0 Å². The van der Waals surface area contributed by atoms with Crippen molar-refractivity contribution in [3.63, 3.8) is 0 Å². The summed E-state index contributed by atoms with van der Waals surface area (Å²) in [5.74, 6) is 0.581. The molecule has 1 aliphatic carbocycles. The first kappa shape index (κ1) is 11.7. The molecule has 0 aromatic rings. The van der Waals surface area contributed by atoms with Crippen molar-refractivity contribution in [1.29, 1.82) is 0 Å². The Balaban J connectivity index is 2.04. The van der Waals surface area contributed by atoms with E-state index in [1.54, 1.807) is 0 Å². The Labute approximate surface area is 97.0 Å². The van der Waals surface area contributed by atoms with Gasteiger partial charge in [-0.1, -0.05) is 13.3 Å². The molecule has 2 rings (SSSR count). The number of nitrogens with one attached hydrogen (secondary N) is 1. The summed E-state index contributed by atoms with van der Waals surface area (Å²) in [6, 6.07) is 0.311. The van der Waals surface area contributed by atoms with Crippen LogP contribution in [0.25, 0.3) is 0 Å². The van der Waals surface area contributed by atoms with Gasteiger partial charge >= 0.3 is 6.03 Å². The van der Waals surface area contributed by atoms with E-state index in [1.807, 2.05) is 4.90 Å². The van der Waals surface area contributed by atoms with Crippen LogP contribution < -0.4 is 5.32 Å². The van der Waals surface area contributed by atoms with E-state index in [4.69, 9.17) is 0 Å². The molecule has 2 amide bonds. The maximum atomic E-state index is 11.7. The van der Waals surface area contributed by atoms with Crippen LogP contribution in [0.5, 0.6) is 0 Å². The topological polar surface area (TPSA) is 52.6 Å². The minimum atomic E-state index is -0.216. The van der Waals surface area contributed by atoms with Crippen molar-refractivity contribution in [3.8, 4) is 0 Å². The van der Waals surface area contributed by atoms with Crippen molar-refractivity contribution in [2.75, 3.05) is 13.1 Å². The minimum absolute atomic E-state index is 0.0557. The molecule has 1 saturated heterocycles. The Morgan fingerprint density at radius 3 is 2.94 bits per heavy atom. The number of rotatable bonds is 3. The van der Waals surface area contributed by atoms with Crippen LogP contribution in [0.4, 0.5) is 4.79 Å². The fourth-order valence-corrected chi connectivity index (χ4v) is 3.08. The lowest BCUT2D eigenvalue weighted by Gasteiger charge is -2.39. The number of amides is 2. The number of carbonyl (C=O) groups excluding carboxylic acids is 1. The van der Waals surface area contributed by atoms with Gasteiger partial charge in [-0.05, 0) is 31.6 Å². The molecule has 1 heterocycles. The van der Waals surface area contributed by atoms with Gasteiger partial charge in [-0.15, -0.1) is 0 Å². The number of carbonyl (C=O) groups is 1. The maximum Gasteiger partial charge on any atom is 0.317 e. The van der Waals surface area contributed by atoms with Crippen LogP contribution in [-0.4, -0.2) is 41.3 Å². The van der Waals surface area contributed by atoms with Crippen LogP contribution >= 0.6 is 0 Å². The number of aliphatic hydroxyl groups excluding tert-OH is 1. The Bertz CT molecular complexity index is 257. The second kappa shape index (κ2) is 5.04. The SMILES string of the molecule is CCCC1CCC(O)CC1N1CCNC1=O. The highest BCUT2D eigenvalue weighted by atomic mass is 16.3. The molecule has 16 heavy (non-hydrogen) atoms. The Hall–Kier alpha value is -0.770. The lowest BCUT2D eigenvalue weighted by Crippen LogP contribution is -2.47. The van der Waals surface area contributed by atoms with Crippen molar-refractivity contribution in [3.05, 3.63) is 0 Å². The molecule has 0 bridgehead atoms. The standard InChI is InChI=1S/C12H22N2O2/c1-2-3-9-4-5-10(15)8-11(9)14-7-6-13-12(14)16/h9-11,15H,2-8H2,1H3,(H,13,16). The summed E-state index contributed by atoms with van der Waals surface area (Å²) in [5, 5.41) is 12.6. The smallest absolute Gasteiger partial charge is 0.317 e. The molecule has 2 N–H and O–H groups in total. The molecule has 4 nitrogen and oxygen atoms in total. The first-order chi connectivity index (χ1) is 7.72. The summed E-state index contributed by atoms with van der Waals surface area (Å²) in [7, 11) is 0. The zero-order valence-electron chi connectivity index (χ0n) is 9.98. The van der Waals surface area contributed by atoms with Crippen molar-refractivity contribution >= 4 is 6.03 Å². The van der Waals surface area contributed by atoms with Gasteiger partial charge in [0.2, 0.25) is 0 Å². The largest absolute Gasteiger partial charge is 0.393 e. The van der Waals surface area contributed by atoms with Crippen molar-refractivity contribution < 1.29 is 9.90 Å². The summed E-state index contributed by atoms with van der Waals surface area (Å²) in [6.45, 7) is 3.74. The highest BCUT2D eigenvalue weighted by Crippen LogP contribution is 2.32. The minimum Gasteiger partial charge on any atom is -0.393 e. The lowest BCUT2D eigenvalue weighted by molar-refractivity contribution is 0.0461. The average Bonchev–Trinajstić information content (AvgIpc) is 2.67. The van der Waals surface area contributed by atoms with Gasteiger partial charge < -0.3 is 15.3 Å². The van der Waals surface area contributed by atoms with E-state index in [2.05, 4.69) is 12.2 Å². The number of nitrogens with zero attached hydrogens (tertiary/aromatic N) is 1. The van der Waals surface area contributed by atoms with E-state index in [0.717, 1.165) is 38.8 Å². The zero-order valence-corrected chi connectivity index (χ0v) is 9.98. The Kier molecular flexibility index (Phi) is 3.69. The van der Waals surface area contributed by atoms with Crippen LogP contribution in [0.2, 0.25) is 0 Å². The second-order valence-electron chi connectivity index (χ2n) is 5.01. The van der Waals surface area contributed by atoms with Gasteiger partial charge in [0.05, 0.1) is 6.10 Å². The molecule has 4 heteroatoms. The fraction of sp³-hybridized carbons (Fsp3) is 0.917. The monoisotopic (exact) mass is 226 g/mol. The van der Waals surface area contributed by atoms with E-state index >= 15 is 0 Å². The summed E-state index contributed by atoms with van der Waals surface area (Å²) in [5.41, 5.74) is 0. The second-order valence-corrected chi connectivity index (χ2v) is 5.01. The van der Waals surface area contributed by atoms with Crippen molar-refractivity contribution in [2.24, 2.45) is 5.92 Å². The molecule has 0 aromatic carbocycles. The van der Waals surface area contributed by atoms with E-state index in [0.29, 0.717) is 5.92 Å². The molecule has 1 saturated carbocycles. The van der Waals surface area contributed by atoms with Crippen LogP contribution in [0.3, 0.4) is 0 Å². The van der Waals surface area contributed by atoms with Gasteiger partial charge in [-0.2, -0.15) is 0 Å². The van der Waals surface area contributed by atoms with Crippen molar-refractivity contribution in [2.45, 2.75) is 51.2 Å². The molecule has 3 unspecified atom stereocenters. The van der Waals surface area contributed by atoms with Gasteiger partial charge in [0, 0.05) is 19.1 Å². The number of urea groups is 1. The number of hydrogen-bond donors (Lipinski definition) is 2. The van der Waals surface area contributed by atoms with Gasteiger partial charge in [0.15, 0.2) is 0 Å². The predicted octanol–water partition coefficient (Wildman–Crippen LogP) is 1.34. The van der Waals surface area contributed by atoms with Crippen LogP contribution in [-0.2, 0) is 0 Å². The summed E-state index contributed by atoms with van der Waals surface area (Å²) in [6.07, 6.45) is 4.83. The third-order valence-corrected chi connectivity index (χ3v) is 3.88. The number of hydrogen-bond acceptors (Lipinski definition) is 2. The predicted molar refractivity (Wildman–Crippen MR) is 62.1 cm³/mol. The normalized spacial score (nSPS) is 35.2. The van der Waals surface area contributed by atoms with Gasteiger partial charge in [0.1, 0.15) is 0 Å². The molecular weight excluding hydrogens is 204 g/mol. The summed E-state index contributed by atoms with van der Waals surface area (Å²) < 4.78 is 0. The molecule has 0 spiro atoms. The zero-order chi connectivity index (χ0) is 11.5. The van der Waals surface area contributed by atoms with E-state index in [9.17, 15) is 9.90 Å². The molecule has 1 aliphatic heterocycles. The molecular formula is C12H22N2O2. The molecule has 0 radical (unpaired) electrons. The number of aliphatic hydroxyl groups is 1. The van der Waals surface area contributed by atoms with E-state index < -0.39 is 0 Å². The van der Waals surface area contributed by atoms with Crippen molar-refractivity contribution in [1.82, 2.24) is 10.2 Å². The summed E-state index contributed by atoms with van der Waals surface area (Å²) >= 11 is 0. The molecule has 3 atom stereocenters. The first-order valence-electron chi connectivity index (χ1n) is 6.45. The Morgan fingerprint density at radius 2 is 2.31 bits per heavy atom. The first-order valence-corrected chi connectivity index (χ1v) is 6.45. The highest BCUT2D eigenvalue weighted by Gasteiger charge is 2.37. The van der Waals surface area contributed by atoms with E-state index in [-0.39, 0.29) is 18.2 Å². The quantitative estimate of drug-likeness (QED) is 0.763. The van der Waals surface area contributed by atoms with Gasteiger partial charge in [-0.25, -0.2) is 4.79 Å². The summed E-state index contributed by atoms with van der Waals surface area (Å²) in [4.78, 5) is 13.6. The van der Waals surface area contributed by atoms with E-state index in [1.165, 1.54) is 6.42 Å². The maximum absolute atomic E-state index is 11.7. The highest BCUT2D eigenvalue weighted by molar-refractivity contribution is 5.76. The van der Waals surface area contributed by atoms with Crippen LogP contribution in [0.1, 0.15) is 39.0 Å². The van der Waals surface area contributed by atoms with Gasteiger partial charge in [-0.3, -0.25) is 0 Å². The van der Waals surface area contributed by atoms with Crippen LogP contribution in [0.15, 0.2) is 0 Å².